The molecule has 1 aromatic carbocycles. The smallest absolute Gasteiger partial charge is 0.345 e. The van der Waals surface area contributed by atoms with Gasteiger partial charge >= 0.3 is 5.63 Å². The van der Waals surface area contributed by atoms with E-state index in [1.54, 1.807) is 0 Å². The summed E-state index contributed by atoms with van der Waals surface area (Å²) < 4.78 is 11.6. The van der Waals surface area contributed by atoms with E-state index in [1.165, 1.54) is 11.3 Å². The Morgan fingerprint density at radius 3 is 2.92 bits per heavy atom. The van der Waals surface area contributed by atoms with Gasteiger partial charge in [-0.05, 0) is 43.7 Å². The minimum absolute atomic E-state index is 0.297. The van der Waals surface area contributed by atoms with Gasteiger partial charge in [-0.3, -0.25) is 4.90 Å². The molecule has 0 spiro atoms. The second-order valence-electron chi connectivity index (χ2n) is 6.51. The molecule has 0 bridgehead atoms. The molecule has 4 rings (SSSR count). The van der Waals surface area contributed by atoms with E-state index in [-0.39, 0.29) is 5.63 Å². The lowest BCUT2D eigenvalue weighted by atomic mass is 10.1. The Morgan fingerprint density at radius 1 is 1.28 bits per heavy atom. The third kappa shape index (κ3) is 3.20. The third-order valence-electron chi connectivity index (χ3n) is 4.40. The van der Waals surface area contributed by atoms with Gasteiger partial charge in [0.15, 0.2) is 0 Å². The van der Waals surface area contributed by atoms with Crippen molar-refractivity contribution in [2.45, 2.75) is 6.54 Å². The predicted molar refractivity (Wildman–Crippen MR) is 100 cm³/mol. The first-order chi connectivity index (χ1) is 12.1. The molecule has 0 saturated heterocycles. The maximum atomic E-state index is 12.5. The summed E-state index contributed by atoms with van der Waals surface area (Å²) in [5.74, 6) is 0.806. The Balaban J connectivity index is 1.74. The van der Waals surface area contributed by atoms with Crippen LogP contribution in [0.5, 0.6) is 5.75 Å². The van der Waals surface area contributed by atoms with Gasteiger partial charge in [-0.25, -0.2) is 4.79 Å². The molecule has 0 radical (unpaired) electrons. The molecule has 0 saturated carbocycles. The van der Waals surface area contributed by atoms with Crippen LogP contribution in [-0.2, 0) is 6.54 Å². The number of benzene rings is 1. The molecule has 0 atom stereocenters. The molecular weight excluding hydrogens is 336 g/mol. The lowest BCUT2D eigenvalue weighted by molar-refractivity contribution is 0.0890. The van der Waals surface area contributed by atoms with E-state index in [9.17, 15) is 4.79 Å². The van der Waals surface area contributed by atoms with E-state index in [2.05, 4.69) is 23.9 Å². The number of fused-ring (bicyclic) bond motifs is 3. The quantitative estimate of drug-likeness (QED) is 0.672. The molecule has 1 aliphatic rings. The molecule has 2 aromatic heterocycles. The van der Waals surface area contributed by atoms with Crippen LogP contribution in [0.25, 0.3) is 21.4 Å². The van der Waals surface area contributed by atoms with Gasteiger partial charge in [0.25, 0.3) is 0 Å². The van der Waals surface area contributed by atoms with Crippen LogP contribution in [0, 0.1) is 0 Å². The molecule has 0 fully saturated rings. The molecular formula is C19H20N2O3S. The highest BCUT2D eigenvalue weighted by molar-refractivity contribution is 7.13. The number of hydrogen-bond donors (Lipinski definition) is 0. The molecule has 3 aromatic rings. The number of rotatable bonds is 4. The van der Waals surface area contributed by atoms with E-state index in [4.69, 9.17) is 9.15 Å². The monoisotopic (exact) mass is 356 g/mol. The van der Waals surface area contributed by atoms with Crippen molar-refractivity contribution in [1.82, 2.24) is 9.80 Å². The summed E-state index contributed by atoms with van der Waals surface area (Å²) >= 11 is 1.54. The van der Waals surface area contributed by atoms with Gasteiger partial charge in [0.05, 0.1) is 11.1 Å². The van der Waals surface area contributed by atoms with Crippen LogP contribution in [-0.4, -0.2) is 43.7 Å². The summed E-state index contributed by atoms with van der Waals surface area (Å²) in [6.45, 7) is 3.14. The van der Waals surface area contributed by atoms with Gasteiger partial charge in [-0.2, -0.15) is 0 Å². The highest BCUT2D eigenvalue weighted by Crippen LogP contribution is 2.33. The molecule has 25 heavy (non-hydrogen) atoms. The summed E-state index contributed by atoms with van der Waals surface area (Å²) in [5.41, 5.74) is 1.91. The normalized spacial score (nSPS) is 14.7. The molecule has 6 heteroatoms. The van der Waals surface area contributed by atoms with Crippen molar-refractivity contribution in [3.8, 4) is 16.2 Å². The average Bonchev–Trinajstić information content (AvgIpc) is 3.13. The van der Waals surface area contributed by atoms with E-state index < -0.39 is 0 Å². The minimum Gasteiger partial charge on any atom is -0.478 e. The van der Waals surface area contributed by atoms with Crippen molar-refractivity contribution in [3.05, 3.63) is 51.7 Å². The van der Waals surface area contributed by atoms with Crippen LogP contribution in [0.1, 0.15) is 5.56 Å². The average molecular weight is 356 g/mol. The summed E-state index contributed by atoms with van der Waals surface area (Å²) in [7, 11) is 4.11. The zero-order valence-corrected chi connectivity index (χ0v) is 15.1. The van der Waals surface area contributed by atoms with Crippen molar-refractivity contribution in [2.75, 3.05) is 33.9 Å². The fraction of sp³-hybridized carbons (Fsp3) is 0.316. The zero-order valence-electron chi connectivity index (χ0n) is 14.3. The van der Waals surface area contributed by atoms with Crippen molar-refractivity contribution in [1.29, 1.82) is 0 Å². The lowest BCUT2D eigenvalue weighted by Crippen LogP contribution is -2.37. The van der Waals surface area contributed by atoms with Crippen LogP contribution in [0.15, 0.2) is 44.9 Å². The SMILES string of the molecule is CN(C)CCN1COc2ccc3cc(-c4cccs4)c(=O)oc3c2C1. The highest BCUT2D eigenvalue weighted by Gasteiger charge is 2.22. The van der Waals surface area contributed by atoms with Gasteiger partial charge in [0.1, 0.15) is 18.1 Å². The summed E-state index contributed by atoms with van der Waals surface area (Å²) in [6, 6.07) is 9.73. The predicted octanol–water partition coefficient (Wildman–Crippen LogP) is 3.24. The van der Waals surface area contributed by atoms with Crippen molar-refractivity contribution < 1.29 is 9.15 Å². The number of hydrogen-bond acceptors (Lipinski definition) is 6. The first-order valence-electron chi connectivity index (χ1n) is 8.25. The maximum absolute atomic E-state index is 12.5. The largest absolute Gasteiger partial charge is 0.478 e. The van der Waals surface area contributed by atoms with E-state index in [1.807, 2.05) is 35.7 Å². The molecule has 0 unspecified atom stereocenters. The topological polar surface area (TPSA) is 45.9 Å². The van der Waals surface area contributed by atoms with Gasteiger partial charge in [0.2, 0.25) is 0 Å². The Kier molecular flexibility index (Phi) is 4.33. The second-order valence-corrected chi connectivity index (χ2v) is 7.46. The van der Waals surface area contributed by atoms with Crippen LogP contribution in [0.2, 0.25) is 0 Å². The van der Waals surface area contributed by atoms with Crippen molar-refractivity contribution in [3.63, 3.8) is 0 Å². The molecule has 0 aliphatic carbocycles. The van der Waals surface area contributed by atoms with Crippen LogP contribution < -0.4 is 10.4 Å². The van der Waals surface area contributed by atoms with Gasteiger partial charge in [0, 0.05) is 29.9 Å². The van der Waals surface area contributed by atoms with Crippen LogP contribution in [0.3, 0.4) is 0 Å². The molecule has 3 heterocycles. The minimum atomic E-state index is -0.297. The molecule has 0 amide bonds. The standard InChI is InChI=1S/C19H20N2O3S/c1-20(2)7-8-21-11-15-16(23-12-21)6-5-13-10-14(17-4-3-9-25-17)19(22)24-18(13)15/h3-6,9-10H,7-8,11-12H2,1-2H3. The molecule has 130 valence electrons. The maximum Gasteiger partial charge on any atom is 0.345 e. The number of ether oxygens (including phenoxy) is 1. The first kappa shape index (κ1) is 16.3. The zero-order chi connectivity index (χ0) is 17.4. The second kappa shape index (κ2) is 6.63. The van der Waals surface area contributed by atoms with Crippen LogP contribution >= 0.6 is 11.3 Å². The summed E-state index contributed by atoms with van der Waals surface area (Å²) in [6.07, 6.45) is 0. The van der Waals surface area contributed by atoms with Crippen LogP contribution in [0.4, 0.5) is 0 Å². The summed E-state index contributed by atoms with van der Waals surface area (Å²) in [5, 5.41) is 2.89. The Bertz CT molecular complexity index is 947. The van der Waals surface area contributed by atoms with E-state index in [0.717, 1.165) is 41.2 Å². The van der Waals surface area contributed by atoms with Crippen molar-refractivity contribution in [2.24, 2.45) is 0 Å². The van der Waals surface area contributed by atoms with E-state index >= 15 is 0 Å². The van der Waals surface area contributed by atoms with Gasteiger partial charge in [-0.15, -0.1) is 11.3 Å². The van der Waals surface area contributed by atoms with E-state index in [0.29, 0.717) is 17.9 Å². The summed E-state index contributed by atoms with van der Waals surface area (Å²) in [4.78, 5) is 17.8. The highest BCUT2D eigenvalue weighted by atomic mass is 32.1. The lowest BCUT2D eigenvalue weighted by Gasteiger charge is -2.30. The van der Waals surface area contributed by atoms with Crippen molar-refractivity contribution >= 4 is 22.3 Å². The molecule has 0 N–H and O–H groups in total. The van der Waals surface area contributed by atoms with Gasteiger partial charge < -0.3 is 14.1 Å². The molecule has 5 nitrogen and oxygen atoms in total. The Hall–Kier alpha value is -2.15. The fourth-order valence-corrected chi connectivity index (χ4v) is 3.76. The Morgan fingerprint density at radius 2 is 2.16 bits per heavy atom. The number of thiophene rings is 1. The molecule has 1 aliphatic heterocycles. The first-order valence-corrected chi connectivity index (χ1v) is 9.13. The third-order valence-corrected chi connectivity index (χ3v) is 5.30. The Labute approximate surface area is 150 Å². The number of likely N-dealkylation sites (N-methyl/N-ethyl adjacent to an activating group) is 1. The number of nitrogens with zero attached hydrogens (tertiary/aromatic N) is 2. The van der Waals surface area contributed by atoms with Gasteiger partial charge in [-0.1, -0.05) is 6.07 Å². The fourth-order valence-electron chi connectivity index (χ4n) is 3.03.